The van der Waals surface area contributed by atoms with E-state index in [1.54, 1.807) is 24.3 Å². The molecule has 26 heavy (non-hydrogen) atoms. The molecule has 2 heterocycles. The van der Waals surface area contributed by atoms with Crippen molar-refractivity contribution >= 4 is 11.5 Å². The lowest BCUT2D eigenvalue weighted by Gasteiger charge is -2.16. The first-order chi connectivity index (χ1) is 12.5. The number of aryl methyl sites for hydroxylation is 1. The maximum atomic E-state index is 14.6. The van der Waals surface area contributed by atoms with Crippen molar-refractivity contribution in [3.63, 3.8) is 0 Å². The standard InChI is InChI=1S/C20H17FN4O/c1-12-19-18(20(22)24-23-12)15(11-25(19)2)13-8-9-17(16(21)10-13)26-14-6-4-3-5-7-14/h3-11,23H,1H2,2H3,(H2,22,24). The number of benzene rings is 2. The van der Waals surface area contributed by atoms with Crippen LogP contribution in [-0.2, 0) is 7.05 Å². The van der Waals surface area contributed by atoms with Crippen LogP contribution in [0.4, 0.5) is 4.39 Å². The van der Waals surface area contributed by atoms with Gasteiger partial charge in [0.2, 0.25) is 0 Å². The average molecular weight is 348 g/mol. The Balaban J connectivity index is 1.75. The summed E-state index contributed by atoms with van der Waals surface area (Å²) in [6.07, 6.45) is 1.89. The van der Waals surface area contributed by atoms with Gasteiger partial charge in [-0.05, 0) is 29.8 Å². The molecule has 5 nitrogen and oxygen atoms in total. The van der Waals surface area contributed by atoms with Crippen LogP contribution in [0.3, 0.4) is 0 Å². The van der Waals surface area contributed by atoms with Gasteiger partial charge in [-0.2, -0.15) is 5.10 Å². The van der Waals surface area contributed by atoms with Gasteiger partial charge < -0.3 is 15.0 Å². The van der Waals surface area contributed by atoms with Crippen LogP contribution in [0.1, 0.15) is 11.3 Å². The fraction of sp³-hybridized carbons (Fsp3) is 0.0500. The summed E-state index contributed by atoms with van der Waals surface area (Å²) in [6, 6.07) is 13.9. The fourth-order valence-corrected chi connectivity index (χ4v) is 3.07. The molecule has 0 fully saturated rings. The molecule has 0 aliphatic carbocycles. The topological polar surface area (TPSA) is 64.6 Å². The second kappa shape index (κ2) is 6.07. The summed E-state index contributed by atoms with van der Waals surface area (Å²) in [5, 5.41) is 4.06. The van der Waals surface area contributed by atoms with Crippen LogP contribution >= 0.6 is 0 Å². The average Bonchev–Trinajstić information content (AvgIpc) is 2.99. The molecule has 0 bridgehead atoms. The number of nitrogens with one attached hydrogen (secondary N) is 1. The molecule has 0 spiro atoms. The van der Waals surface area contributed by atoms with Crippen molar-refractivity contribution in [2.75, 3.05) is 0 Å². The lowest BCUT2D eigenvalue weighted by molar-refractivity contribution is 0.442. The molecule has 0 saturated carbocycles. The minimum atomic E-state index is -0.452. The first kappa shape index (κ1) is 16.0. The molecule has 0 atom stereocenters. The van der Waals surface area contributed by atoms with Crippen molar-refractivity contribution in [1.82, 2.24) is 9.99 Å². The van der Waals surface area contributed by atoms with E-state index in [0.717, 1.165) is 16.8 Å². The molecule has 3 aromatic rings. The van der Waals surface area contributed by atoms with E-state index in [1.807, 2.05) is 36.0 Å². The molecule has 0 amide bonds. The maximum absolute atomic E-state index is 14.6. The van der Waals surface area contributed by atoms with Crippen LogP contribution < -0.4 is 15.9 Å². The van der Waals surface area contributed by atoms with Crippen molar-refractivity contribution in [3.05, 3.63) is 78.4 Å². The highest BCUT2D eigenvalue weighted by molar-refractivity contribution is 6.08. The molecule has 1 aliphatic rings. The van der Waals surface area contributed by atoms with E-state index < -0.39 is 5.82 Å². The molecule has 4 rings (SSSR count). The Morgan fingerprint density at radius 1 is 1.19 bits per heavy atom. The second-order valence-electron chi connectivity index (χ2n) is 6.03. The number of ether oxygens (including phenoxy) is 1. The van der Waals surface area contributed by atoms with Crippen LogP contribution in [0, 0.1) is 5.82 Å². The smallest absolute Gasteiger partial charge is 0.166 e. The number of hydrogen-bond donors (Lipinski definition) is 2. The lowest BCUT2D eigenvalue weighted by atomic mass is 10.0. The monoisotopic (exact) mass is 348 g/mol. The van der Waals surface area contributed by atoms with Crippen LogP contribution in [0.25, 0.3) is 16.8 Å². The van der Waals surface area contributed by atoms with Crippen molar-refractivity contribution < 1.29 is 9.13 Å². The summed E-state index contributed by atoms with van der Waals surface area (Å²) in [7, 11) is 1.89. The Morgan fingerprint density at radius 3 is 2.69 bits per heavy atom. The highest BCUT2D eigenvalue weighted by Gasteiger charge is 2.24. The SMILES string of the molecule is C=C1NN=C(N)c2c(-c3ccc(Oc4ccccc4)c(F)c3)cn(C)c21. The molecule has 130 valence electrons. The largest absolute Gasteiger partial charge is 0.454 e. The van der Waals surface area contributed by atoms with E-state index in [0.29, 0.717) is 22.8 Å². The molecule has 0 unspecified atom stereocenters. The highest BCUT2D eigenvalue weighted by atomic mass is 19.1. The maximum Gasteiger partial charge on any atom is 0.166 e. The predicted octanol–water partition coefficient (Wildman–Crippen LogP) is 3.82. The number of amidine groups is 1. The summed E-state index contributed by atoms with van der Waals surface area (Å²) in [6.45, 7) is 3.95. The molecule has 6 heteroatoms. The number of aromatic nitrogens is 1. The third-order valence-corrected chi connectivity index (χ3v) is 4.25. The zero-order valence-electron chi connectivity index (χ0n) is 14.2. The minimum absolute atomic E-state index is 0.164. The molecule has 3 N–H and O–H groups in total. The van der Waals surface area contributed by atoms with Crippen LogP contribution in [0.5, 0.6) is 11.5 Å². The van der Waals surface area contributed by atoms with Gasteiger partial charge in [-0.1, -0.05) is 30.8 Å². The predicted molar refractivity (Wildman–Crippen MR) is 100 cm³/mol. The number of nitrogens with zero attached hydrogens (tertiary/aromatic N) is 2. The van der Waals surface area contributed by atoms with Crippen LogP contribution in [0.15, 0.2) is 66.4 Å². The number of hydrogen-bond acceptors (Lipinski definition) is 4. The number of nitrogens with two attached hydrogens (primary N) is 1. The van der Waals surface area contributed by atoms with Crippen LogP contribution in [-0.4, -0.2) is 10.4 Å². The number of hydrazone groups is 1. The summed E-state index contributed by atoms with van der Waals surface area (Å²) in [5.41, 5.74) is 12.5. The van der Waals surface area contributed by atoms with Gasteiger partial charge in [0.1, 0.15) is 5.75 Å². The van der Waals surface area contributed by atoms with Crippen molar-refractivity contribution in [1.29, 1.82) is 0 Å². The number of halogens is 1. The third kappa shape index (κ3) is 2.61. The van der Waals surface area contributed by atoms with Crippen molar-refractivity contribution in [3.8, 4) is 22.6 Å². The Labute approximate surface area is 150 Å². The van der Waals surface area contributed by atoms with E-state index in [2.05, 4.69) is 17.1 Å². The molecule has 1 aliphatic heterocycles. The van der Waals surface area contributed by atoms with Gasteiger partial charge in [-0.15, -0.1) is 0 Å². The lowest BCUT2D eigenvalue weighted by Crippen LogP contribution is -2.26. The van der Waals surface area contributed by atoms with Crippen molar-refractivity contribution in [2.45, 2.75) is 0 Å². The zero-order valence-corrected chi connectivity index (χ0v) is 14.2. The van der Waals surface area contributed by atoms with Crippen LogP contribution in [0.2, 0.25) is 0 Å². The second-order valence-corrected chi connectivity index (χ2v) is 6.03. The van der Waals surface area contributed by atoms with Gasteiger partial charge in [-0.3, -0.25) is 5.43 Å². The van der Waals surface area contributed by atoms with Gasteiger partial charge in [0.05, 0.1) is 17.0 Å². The highest BCUT2D eigenvalue weighted by Crippen LogP contribution is 2.34. The Morgan fingerprint density at radius 2 is 1.96 bits per heavy atom. The van der Waals surface area contributed by atoms with E-state index in [-0.39, 0.29) is 5.75 Å². The molecule has 0 saturated heterocycles. The quantitative estimate of drug-likeness (QED) is 0.756. The van der Waals surface area contributed by atoms with Gasteiger partial charge in [0.15, 0.2) is 17.4 Å². The summed E-state index contributed by atoms with van der Waals surface area (Å²) >= 11 is 0. The first-order valence-electron chi connectivity index (χ1n) is 8.05. The van der Waals surface area contributed by atoms with E-state index in [4.69, 9.17) is 10.5 Å². The van der Waals surface area contributed by atoms with Gasteiger partial charge in [0, 0.05) is 18.8 Å². The molecular weight excluding hydrogens is 331 g/mol. The zero-order chi connectivity index (χ0) is 18.3. The summed E-state index contributed by atoms with van der Waals surface area (Å²) in [5.74, 6) is 0.632. The van der Waals surface area contributed by atoms with E-state index >= 15 is 0 Å². The molecule has 2 aromatic carbocycles. The third-order valence-electron chi connectivity index (χ3n) is 4.25. The molecule has 1 aromatic heterocycles. The summed E-state index contributed by atoms with van der Waals surface area (Å²) < 4.78 is 22.1. The van der Waals surface area contributed by atoms with Gasteiger partial charge in [-0.25, -0.2) is 4.39 Å². The summed E-state index contributed by atoms with van der Waals surface area (Å²) in [4.78, 5) is 0. The van der Waals surface area contributed by atoms with E-state index in [1.165, 1.54) is 6.07 Å². The minimum Gasteiger partial charge on any atom is -0.454 e. The van der Waals surface area contributed by atoms with Crippen molar-refractivity contribution in [2.24, 2.45) is 17.9 Å². The van der Waals surface area contributed by atoms with Gasteiger partial charge >= 0.3 is 0 Å². The Bertz CT molecular complexity index is 1040. The number of para-hydroxylation sites is 1. The number of fused-ring (bicyclic) bond motifs is 1. The number of rotatable bonds is 3. The normalized spacial score (nSPS) is 13.0. The Hall–Kier alpha value is -3.54. The molecular formula is C20H17FN4O. The van der Waals surface area contributed by atoms with Gasteiger partial charge in [0.25, 0.3) is 0 Å². The molecule has 0 radical (unpaired) electrons. The Kier molecular flexibility index (Phi) is 3.73. The first-order valence-corrected chi connectivity index (χ1v) is 8.05. The fourth-order valence-electron chi connectivity index (χ4n) is 3.07. The van der Waals surface area contributed by atoms with E-state index in [9.17, 15) is 4.39 Å².